The molecule has 194 valence electrons. The molecule has 0 unspecified atom stereocenters. The molecular formula is C31H34Cl2N2O2. The summed E-state index contributed by atoms with van der Waals surface area (Å²) in [4.78, 5) is 29.4. The third-order valence-corrected chi connectivity index (χ3v) is 7.64. The maximum atomic E-state index is 13.9. The van der Waals surface area contributed by atoms with Gasteiger partial charge in [-0.2, -0.15) is 0 Å². The Morgan fingerprint density at radius 1 is 0.919 bits per heavy atom. The third-order valence-electron chi connectivity index (χ3n) is 7.05. The molecule has 6 heteroatoms. The van der Waals surface area contributed by atoms with Crippen molar-refractivity contribution in [2.24, 2.45) is 0 Å². The van der Waals surface area contributed by atoms with E-state index < -0.39 is 6.04 Å². The molecule has 0 bridgehead atoms. The number of carbonyl (C=O) groups is 2. The Morgan fingerprint density at radius 2 is 1.62 bits per heavy atom. The average molecular weight is 538 g/mol. The van der Waals surface area contributed by atoms with Crippen molar-refractivity contribution >= 4 is 35.0 Å². The molecule has 4 rings (SSSR count). The summed E-state index contributed by atoms with van der Waals surface area (Å²) in [7, 11) is 0. The summed E-state index contributed by atoms with van der Waals surface area (Å²) in [5.41, 5.74) is 3.80. The number of aryl methyl sites for hydroxylation is 1. The van der Waals surface area contributed by atoms with Crippen LogP contribution in [-0.2, 0) is 29.0 Å². The molecule has 1 fully saturated rings. The van der Waals surface area contributed by atoms with Gasteiger partial charge in [0.1, 0.15) is 6.04 Å². The summed E-state index contributed by atoms with van der Waals surface area (Å²) in [5.74, 6) is -0.229. The first-order valence-corrected chi connectivity index (χ1v) is 13.8. The molecule has 1 saturated carbocycles. The molecule has 0 aromatic heterocycles. The second-order valence-electron chi connectivity index (χ2n) is 9.97. The summed E-state index contributed by atoms with van der Waals surface area (Å²) in [6, 6.07) is 22.5. The Morgan fingerprint density at radius 3 is 2.30 bits per heavy atom. The van der Waals surface area contributed by atoms with Crippen LogP contribution < -0.4 is 5.32 Å². The SMILES string of the molecule is Cc1ccc(CC(=O)N(Cc2ccc(Cl)cc2Cl)[C@@H](Cc2ccccc2)C(=O)NC2CCCCC2)cc1. The minimum absolute atomic E-state index is 0.113. The van der Waals surface area contributed by atoms with Gasteiger partial charge in [-0.25, -0.2) is 0 Å². The van der Waals surface area contributed by atoms with Crippen molar-refractivity contribution in [3.8, 4) is 0 Å². The highest BCUT2D eigenvalue weighted by Crippen LogP contribution is 2.25. The summed E-state index contributed by atoms with van der Waals surface area (Å²) in [6.45, 7) is 2.24. The van der Waals surface area contributed by atoms with Crippen molar-refractivity contribution in [3.05, 3.63) is 105 Å². The minimum atomic E-state index is -0.672. The molecule has 1 aliphatic carbocycles. The fraction of sp³-hybridized carbons (Fsp3) is 0.355. The molecule has 37 heavy (non-hydrogen) atoms. The van der Waals surface area contributed by atoms with E-state index in [4.69, 9.17) is 23.2 Å². The van der Waals surface area contributed by atoms with Crippen molar-refractivity contribution in [2.45, 2.75) is 70.5 Å². The van der Waals surface area contributed by atoms with Gasteiger partial charge in [-0.15, -0.1) is 0 Å². The standard InChI is InChI=1S/C31H34Cl2N2O2/c1-22-12-14-24(15-13-22)19-30(36)35(21-25-16-17-26(32)20-28(25)33)29(18-23-8-4-2-5-9-23)31(37)34-27-10-6-3-7-11-27/h2,4-5,8-9,12-17,20,27,29H,3,6-7,10-11,18-19,21H2,1H3,(H,34,37)/t29-/m0/s1. The van der Waals surface area contributed by atoms with Crippen LogP contribution in [0.4, 0.5) is 0 Å². The average Bonchev–Trinajstić information content (AvgIpc) is 2.89. The normalized spacial score (nSPS) is 14.7. The number of hydrogen-bond acceptors (Lipinski definition) is 2. The van der Waals surface area contributed by atoms with E-state index in [0.717, 1.165) is 47.9 Å². The molecule has 4 nitrogen and oxygen atoms in total. The summed E-state index contributed by atoms with van der Waals surface area (Å²) in [6.07, 6.45) is 6.01. The quantitative estimate of drug-likeness (QED) is 0.322. The number of amides is 2. The molecule has 0 saturated heterocycles. The van der Waals surface area contributed by atoms with Crippen molar-refractivity contribution in [1.29, 1.82) is 0 Å². The molecule has 0 heterocycles. The van der Waals surface area contributed by atoms with Crippen LogP contribution in [0.3, 0.4) is 0 Å². The first kappa shape index (κ1) is 27.2. The van der Waals surface area contributed by atoms with E-state index in [-0.39, 0.29) is 30.8 Å². The molecule has 3 aromatic rings. The second-order valence-corrected chi connectivity index (χ2v) is 10.8. The van der Waals surface area contributed by atoms with Gasteiger partial charge < -0.3 is 10.2 Å². The predicted octanol–water partition coefficient (Wildman–Crippen LogP) is 6.93. The molecule has 2 amide bonds. The monoisotopic (exact) mass is 536 g/mol. The van der Waals surface area contributed by atoms with Crippen molar-refractivity contribution in [1.82, 2.24) is 10.2 Å². The fourth-order valence-corrected chi connectivity index (χ4v) is 5.38. The van der Waals surface area contributed by atoms with Crippen LogP contribution in [-0.4, -0.2) is 28.8 Å². The van der Waals surface area contributed by atoms with Gasteiger partial charge in [-0.1, -0.05) is 109 Å². The highest BCUT2D eigenvalue weighted by Gasteiger charge is 2.32. The Bertz CT molecular complexity index is 1190. The largest absolute Gasteiger partial charge is 0.352 e. The number of benzene rings is 3. The molecule has 0 aliphatic heterocycles. The van der Waals surface area contributed by atoms with E-state index in [0.29, 0.717) is 16.5 Å². The van der Waals surface area contributed by atoms with Crippen LogP contribution in [0.2, 0.25) is 10.0 Å². The van der Waals surface area contributed by atoms with Gasteiger partial charge in [0.05, 0.1) is 6.42 Å². The number of rotatable bonds is 9. The topological polar surface area (TPSA) is 49.4 Å². The number of carbonyl (C=O) groups excluding carboxylic acids is 2. The fourth-order valence-electron chi connectivity index (χ4n) is 4.91. The van der Waals surface area contributed by atoms with E-state index in [9.17, 15) is 9.59 Å². The van der Waals surface area contributed by atoms with Crippen LogP contribution in [0.5, 0.6) is 0 Å². The predicted molar refractivity (Wildman–Crippen MR) is 151 cm³/mol. The second kappa shape index (κ2) is 13.1. The van der Waals surface area contributed by atoms with Gasteiger partial charge >= 0.3 is 0 Å². The summed E-state index contributed by atoms with van der Waals surface area (Å²) in [5, 5.41) is 4.28. The van der Waals surface area contributed by atoms with Crippen LogP contribution >= 0.6 is 23.2 Å². The highest BCUT2D eigenvalue weighted by molar-refractivity contribution is 6.35. The number of nitrogens with zero attached hydrogens (tertiary/aromatic N) is 1. The van der Waals surface area contributed by atoms with Gasteiger partial charge in [0.15, 0.2) is 0 Å². The Hall–Kier alpha value is -2.82. The smallest absolute Gasteiger partial charge is 0.243 e. The first-order chi connectivity index (χ1) is 17.9. The van der Waals surface area contributed by atoms with Gasteiger partial charge in [-0.3, -0.25) is 9.59 Å². The Kier molecular flexibility index (Phi) is 9.65. The highest BCUT2D eigenvalue weighted by atomic mass is 35.5. The zero-order valence-corrected chi connectivity index (χ0v) is 22.8. The van der Waals surface area contributed by atoms with E-state index >= 15 is 0 Å². The Balaban J connectivity index is 1.67. The van der Waals surface area contributed by atoms with Crippen molar-refractivity contribution < 1.29 is 9.59 Å². The third kappa shape index (κ3) is 7.83. The molecule has 1 aliphatic rings. The van der Waals surface area contributed by atoms with Gasteiger partial charge in [0.2, 0.25) is 11.8 Å². The van der Waals surface area contributed by atoms with E-state index in [1.165, 1.54) is 6.42 Å². The lowest BCUT2D eigenvalue weighted by atomic mass is 9.94. The van der Waals surface area contributed by atoms with E-state index in [1.54, 1.807) is 17.0 Å². The van der Waals surface area contributed by atoms with Gasteiger partial charge in [0.25, 0.3) is 0 Å². The zero-order valence-electron chi connectivity index (χ0n) is 21.3. The molecule has 1 atom stereocenters. The Labute approximate surface area is 230 Å². The number of nitrogens with one attached hydrogen (secondary N) is 1. The van der Waals surface area contributed by atoms with Crippen molar-refractivity contribution in [3.63, 3.8) is 0 Å². The lowest BCUT2D eigenvalue weighted by Crippen LogP contribution is -2.53. The maximum Gasteiger partial charge on any atom is 0.243 e. The van der Waals surface area contributed by atoms with Crippen LogP contribution in [0.1, 0.15) is 54.4 Å². The summed E-state index contributed by atoms with van der Waals surface area (Å²) >= 11 is 12.7. The molecule has 3 aromatic carbocycles. The lowest BCUT2D eigenvalue weighted by Gasteiger charge is -2.34. The number of halogens is 2. The van der Waals surface area contributed by atoms with Gasteiger partial charge in [0, 0.05) is 29.1 Å². The maximum absolute atomic E-state index is 13.9. The van der Waals surface area contributed by atoms with E-state index in [1.807, 2.05) is 67.6 Å². The molecule has 1 N–H and O–H groups in total. The van der Waals surface area contributed by atoms with Crippen LogP contribution in [0.25, 0.3) is 0 Å². The number of hydrogen-bond donors (Lipinski definition) is 1. The van der Waals surface area contributed by atoms with Crippen molar-refractivity contribution in [2.75, 3.05) is 0 Å². The van der Waals surface area contributed by atoms with Gasteiger partial charge in [-0.05, 0) is 48.6 Å². The summed E-state index contributed by atoms with van der Waals surface area (Å²) < 4.78 is 0. The van der Waals surface area contributed by atoms with Crippen LogP contribution in [0, 0.1) is 6.92 Å². The lowest BCUT2D eigenvalue weighted by molar-refractivity contribution is -0.141. The van der Waals surface area contributed by atoms with E-state index in [2.05, 4.69) is 5.32 Å². The van der Waals surface area contributed by atoms with Crippen LogP contribution in [0.15, 0.2) is 72.8 Å². The first-order valence-electron chi connectivity index (χ1n) is 13.0. The zero-order chi connectivity index (χ0) is 26.2. The molecule has 0 spiro atoms. The molecular weight excluding hydrogens is 503 g/mol. The molecule has 0 radical (unpaired) electrons. The minimum Gasteiger partial charge on any atom is -0.352 e.